The highest BCUT2D eigenvalue weighted by atomic mass is 35.5. The molecule has 0 radical (unpaired) electrons. The molecule has 1 aromatic heterocycles. The Morgan fingerprint density at radius 2 is 2.11 bits per heavy atom. The molecule has 5 nitrogen and oxygen atoms in total. The molecule has 0 aliphatic heterocycles. The van der Waals surface area contributed by atoms with Gasteiger partial charge in [-0.05, 0) is 30.7 Å². The molecule has 0 atom stereocenters. The third-order valence-corrected chi connectivity index (χ3v) is 2.75. The topological polar surface area (TPSA) is 68.4 Å². The van der Waals surface area contributed by atoms with E-state index < -0.39 is 0 Å². The second kappa shape index (κ2) is 5.84. The van der Waals surface area contributed by atoms with Crippen LogP contribution in [-0.4, -0.2) is 21.9 Å². The number of hydrogen-bond acceptors (Lipinski definition) is 5. The van der Waals surface area contributed by atoms with E-state index in [2.05, 4.69) is 10.2 Å². The van der Waals surface area contributed by atoms with E-state index >= 15 is 0 Å². The standard InChI is InChI=1S/C12H13ClN2O3/c1-8-6-9(2-3-10(8)13)17-7-12-15-14-11(18-12)4-5-16/h2-3,6,16H,4-5,7H2,1H3. The first-order valence-corrected chi connectivity index (χ1v) is 5.88. The van der Waals surface area contributed by atoms with Crippen LogP contribution >= 0.6 is 11.6 Å². The molecular weight excluding hydrogens is 256 g/mol. The lowest BCUT2D eigenvalue weighted by atomic mass is 10.2. The summed E-state index contributed by atoms with van der Waals surface area (Å²) in [6.07, 6.45) is 0.354. The van der Waals surface area contributed by atoms with Crippen LogP contribution in [0.1, 0.15) is 17.3 Å². The normalized spacial score (nSPS) is 10.6. The summed E-state index contributed by atoms with van der Waals surface area (Å²) < 4.78 is 10.8. The van der Waals surface area contributed by atoms with Gasteiger partial charge in [-0.1, -0.05) is 11.6 Å². The first-order valence-electron chi connectivity index (χ1n) is 5.50. The molecule has 18 heavy (non-hydrogen) atoms. The van der Waals surface area contributed by atoms with Crippen LogP contribution in [-0.2, 0) is 13.0 Å². The van der Waals surface area contributed by atoms with Gasteiger partial charge in [0.2, 0.25) is 5.89 Å². The molecular formula is C12H13ClN2O3. The number of aliphatic hydroxyl groups is 1. The molecule has 0 amide bonds. The number of rotatable bonds is 5. The monoisotopic (exact) mass is 268 g/mol. The van der Waals surface area contributed by atoms with Crippen molar-refractivity contribution in [1.82, 2.24) is 10.2 Å². The van der Waals surface area contributed by atoms with Crippen LogP contribution < -0.4 is 4.74 Å². The lowest BCUT2D eigenvalue weighted by Gasteiger charge is -2.05. The molecule has 2 rings (SSSR count). The lowest BCUT2D eigenvalue weighted by Crippen LogP contribution is -1.96. The largest absolute Gasteiger partial charge is 0.484 e. The van der Waals surface area contributed by atoms with E-state index in [9.17, 15) is 0 Å². The van der Waals surface area contributed by atoms with Gasteiger partial charge in [0, 0.05) is 11.4 Å². The maximum atomic E-state index is 8.72. The van der Waals surface area contributed by atoms with Gasteiger partial charge in [0.25, 0.3) is 5.89 Å². The molecule has 0 aliphatic rings. The summed E-state index contributed by atoms with van der Waals surface area (Å²) in [6, 6.07) is 5.39. The summed E-state index contributed by atoms with van der Waals surface area (Å²) in [5.41, 5.74) is 0.945. The van der Waals surface area contributed by atoms with Crippen LogP contribution in [0.5, 0.6) is 5.75 Å². The van der Waals surface area contributed by atoms with Gasteiger partial charge in [-0.2, -0.15) is 0 Å². The Morgan fingerprint density at radius 1 is 1.33 bits per heavy atom. The maximum absolute atomic E-state index is 8.72. The Bertz CT molecular complexity index is 528. The zero-order chi connectivity index (χ0) is 13.0. The number of aromatic nitrogens is 2. The van der Waals surface area contributed by atoms with Crippen molar-refractivity contribution in [3.8, 4) is 5.75 Å². The summed E-state index contributed by atoms with van der Waals surface area (Å²) in [7, 11) is 0. The Balaban J connectivity index is 1.95. The molecule has 0 unspecified atom stereocenters. The number of nitrogens with zero attached hydrogens (tertiary/aromatic N) is 2. The van der Waals surface area contributed by atoms with E-state index in [-0.39, 0.29) is 13.2 Å². The highest BCUT2D eigenvalue weighted by Gasteiger charge is 2.06. The number of ether oxygens (including phenoxy) is 1. The quantitative estimate of drug-likeness (QED) is 0.900. The predicted octanol–water partition coefficient (Wildman–Crippen LogP) is 2.15. The van der Waals surface area contributed by atoms with Crippen LogP contribution in [0.3, 0.4) is 0 Å². The first kappa shape index (κ1) is 12.9. The average molecular weight is 269 g/mol. The van der Waals surface area contributed by atoms with Gasteiger partial charge >= 0.3 is 0 Å². The summed E-state index contributed by atoms with van der Waals surface area (Å²) in [4.78, 5) is 0. The van der Waals surface area contributed by atoms with Crippen LogP contribution in [0.2, 0.25) is 5.02 Å². The number of aryl methyl sites for hydroxylation is 1. The Kier molecular flexibility index (Phi) is 4.17. The fraction of sp³-hybridized carbons (Fsp3) is 0.333. The van der Waals surface area contributed by atoms with Crippen LogP contribution in [0, 0.1) is 6.92 Å². The summed E-state index contributed by atoms with van der Waals surface area (Å²) in [6.45, 7) is 2.08. The van der Waals surface area contributed by atoms with Crippen LogP contribution in [0.15, 0.2) is 22.6 Å². The Labute approximate surface area is 109 Å². The number of hydrogen-bond donors (Lipinski definition) is 1. The SMILES string of the molecule is Cc1cc(OCc2nnc(CCO)o2)ccc1Cl. The molecule has 0 fully saturated rings. The lowest BCUT2D eigenvalue weighted by molar-refractivity contribution is 0.249. The van der Waals surface area contributed by atoms with Gasteiger partial charge in [0.15, 0.2) is 6.61 Å². The minimum absolute atomic E-state index is 0.0150. The second-order valence-corrected chi connectivity index (χ2v) is 4.17. The summed E-state index contributed by atoms with van der Waals surface area (Å²) in [5, 5.41) is 17.0. The van der Waals surface area contributed by atoms with Gasteiger partial charge in [-0.3, -0.25) is 0 Å². The van der Waals surface area contributed by atoms with Gasteiger partial charge in [-0.25, -0.2) is 0 Å². The average Bonchev–Trinajstić information content (AvgIpc) is 2.79. The molecule has 6 heteroatoms. The van der Waals surface area contributed by atoms with Crippen molar-refractivity contribution < 1.29 is 14.3 Å². The summed E-state index contributed by atoms with van der Waals surface area (Å²) in [5.74, 6) is 1.48. The van der Waals surface area contributed by atoms with Gasteiger partial charge in [0.1, 0.15) is 5.75 Å². The number of halogens is 1. The minimum Gasteiger partial charge on any atom is -0.484 e. The molecule has 96 valence electrons. The van der Waals surface area contributed by atoms with Gasteiger partial charge in [0.05, 0.1) is 6.61 Å². The van der Waals surface area contributed by atoms with E-state index in [1.54, 1.807) is 12.1 Å². The van der Waals surface area contributed by atoms with Crippen molar-refractivity contribution in [3.63, 3.8) is 0 Å². The van der Waals surface area contributed by atoms with Gasteiger partial charge in [-0.15, -0.1) is 10.2 Å². The number of aliphatic hydroxyl groups excluding tert-OH is 1. The van der Waals surface area contributed by atoms with Crippen molar-refractivity contribution in [2.45, 2.75) is 20.0 Å². The minimum atomic E-state index is -0.0150. The van der Waals surface area contributed by atoms with Crippen molar-refractivity contribution in [1.29, 1.82) is 0 Å². The molecule has 1 heterocycles. The maximum Gasteiger partial charge on any atom is 0.253 e. The smallest absolute Gasteiger partial charge is 0.253 e. The van der Waals surface area contributed by atoms with Crippen LogP contribution in [0.25, 0.3) is 0 Å². The van der Waals surface area contributed by atoms with Crippen molar-refractivity contribution >= 4 is 11.6 Å². The van der Waals surface area contributed by atoms with E-state index in [4.69, 9.17) is 25.9 Å². The predicted molar refractivity (Wildman–Crippen MR) is 65.6 cm³/mol. The molecule has 0 saturated carbocycles. The Morgan fingerprint density at radius 3 is 2.83 bits per heavy atom. The fourth-order valence-corrected chi connectivity index (χ4v) is 1.51. The second-order valence-electron chi connectivity index (χ2n) is 3.76. The zero-order valence-electron chi connectivity index (χ0n) is 9.89. The van der Waals surface area contributed by atoms with Crippen LogP contribution in [0.4, 0.5) is 0 Å². The molecule has 2 aromatic rings. The summed E-state index contributed by atoms with van der Waals surface area (Å²) >= 11 is 5.92. The van der Waals surface area contributed by atoms with Gasteiger partial charge < -0.3 is 14.3 Å². The first-order chi connectivity index (χ1) is 8.69. The van der Waals surface area contributed by atoms with Crippen molar-refractivity contribution in [2.24, 2.45) is 0 Å². The zero-order valence-corrected chi connectivity index (χ0v) is 10.6. The van der Waals surface area contributed by atoms with E-state index in [1.165, 1.54) is 0 Å². The number of benzene rings is 1. The third-order valence-electron chi connectivity index (χ3n) is 2.33. The van der Waals surface area contributed by atoms with E-state index in [0.717, 1.165) is 5.56 Å². The molecule has 0 spiro atoms. The molecule has 0 aliphatic carbocycles. The molecule has 1 aromatic carbocycles. The fourth-order valence-electron chi connectivity index (χ4n) is 1.40. The highest BCUT2D eigenvalue weighted by Crippen LogP contribution is 2.21. The molecule has 1 N–H and O–H groups in total. The molecule has 0 saturated heterocycles. The molecule has 0 bridgehead atoms. The highest BCUT2D eigenvalue weighted by molar-refractivity contribution is 6.31. The third kappa shape index (κ3) is 3.21. The Hall–Kier alpha value is -1.59. The van der Waals surface area contributed by atoms with E-state index in [0.29, 0.717) is 29.0 Å². The van der Waals surface area contributed by atoms with Crippen molar-refractivity contribution in [3.05, 3.63) is 40.6 Å². The van der Waals surface area contributed by atoms with Crippen molar-refractivity contribution in [2.75, 3.05) is 6.61 Å². The van der Waals surface area contributed by atoms with E-state index in [1.807, 2.05) is 13.0 Å².